The third kappa shape index (κ3) is 3.99. The van der Waals surface area contributed by atoms with E-state index in [4.69, 9.17) is 5.73 Å². The maximum Gasteiger partial charge on any atom is 0.229 e. The second kappa shape index (κ2) is 8.26. The van der Waals surface area contributed by atoms with Crippen molar-refractivity contribution in [2.45, 2.75) is 31.2 Å². The second-order valence-electron chi connectivity index (χ2n) is 8.71. The molecule has 1 saturated carbocycles. The van der Waals surface area contributed by atoms with Crippen LogP contribution in [0.3, 0.4) is 0 Å². The minimum atomic E-state index is -0.552. The molecule has 0 radical (unpaired) electrons. The topological polar surface area (TPSA) is 105 Å². The van der Waals surface area contributed by atoms with E-state index < -0.39 is 5.82 Å². The van der Waals surface area contributed by atoms with Crippen molar-refractivity contribution < 1.29 is 9.18 Å². The Morgan fingerprint density at radius 2 is 2.00 bits per heavy atom. The first-order valence-corrected chi connectivity index (χ1v) is 10.9. The highest BCUT2D eigenvalue weighted by Gasteiger charge is 2.47. The van der Waals surface area contributed by atoms with Crippen molar-refractivity contribution in [2.24, 2.45) is 23.5 Å². The summed E-state index contributed by atoms with van der Waals surface area (Å²) in [6.07, 6.45) is 8.35. The quantitative estimate of drug-likeness (QED) is 0.534. The van der Waals surface area contributed by atoms with E-state index in [9.17, 15) is 9.18 Å². The van der Waals surface area contributed by atoms with Gasteiger partial charge in [-0.05, 0) is 67.8 Å². The summed E-state index contributed by atoms with van der Waals surface area (Å²) < 4.78 is 14.5. The van der Waals surface area contributed by atoms with Gasteiger partial charge in [-0.3, -0.25) is 4.79 Å². The summed E-state index contributed by atoms with van der Waals surface area (Å²) in [5, 5.41) is 9.72. The molecule has 2 aliphatic carbocycles. The van der Waals surface area contributed by atoms with Gasteiger partial charge in [-0.2, -0.15) is 4.98 Å². The molecule has 4 atom stereocenters. The minimum absolute atomic E-state index is 0.0872. The van der Waals surface area contributed by atoms with E-state index in [1.807, 2.05) is 18.2 Å². The average molecular weight is 423 g/mol. The van der Waals surface area contributed by atoms with Crippen LogP contribution >= 0.6 is 0 Å². The summed E-state index contributed by atoms with van der Waals surface area (Å²) in [6, 6.07) is 7.97. The summed E-state index contributed by atoms with van der Waals surface area (Å²) in [4.78, 5) is 20.4. The van der Waals surface area contributed by atoms with Crippen molar-refractivity contribution >= 4 is 23.4 Å². The van der Waals surface area contributed by atoms with Gasteiger partial charge >= 0.3 is 0 Å². The molecule has 8 heteroatoms. The van der Waals surface area contributed by atoms with Gasteiger partial charge in [0.25, 0.3) is 0 Å². The molecule has 2 aromatic rings. The molecule has 1 aromatic heterocycles. The maximum absolute atomic E-state index is 14.5. The summed E-state index contributed by atoms with van der Waals surface area (Å²) >= 11 is 0. The van der Waals surface area contributed by atoms with Gasteiger partial charge in [0.1, 0.15) is 0 Å². The van der Waals surface area contributed by atoms with Crippen molar-refractivity contribution in [1.29, 1.82) is 0 Å². The number of primary amides is 1. The van der Waals surface area contributed by atoms with Crippen molar-refractivity contribution in [3.05, 3.63) is 54.0 Å². The molecule has 1 aliphatic heterocycles. The predicted octanol–water partition coefficient (Wildman–Crippen LogP) is 2.91. The largest absolute Gasteiger partial charge is 0.369 e. The smallest absolute Gasteiger partial charge is 0.229 e. The van der Waals surface area contributed by atoms with Gasteiger partial charge in [0.2, 0.25) is 11.9 Å². The zero-order valence-electron chi connectivity index (χ0n) is 17.2. The van der Waals surface area contributed by atoms with Crippen LogP contribution in [0.1, 0.15) is 30.7 Å². The summed E-state index contributed by atoms with van der Waals surface area (Å²) in [5.74, 6) is -0.0886. The first-order chi connectivity index (χ1) is 15.1. The lowest BCUT2D eigenvalue weighted by Gasteiger charge is -2.27. The van der Waals surface area contributed by atoms with Crippen LogP contribution in [-0.2, 0) is 4.79 Å². The van der Waals surface area contributed by atoms with Gasteiger partial charge in [-0.15, -0.1) is 0 Å². The van der Waals surface area contributed by atoms with Gasteiger partial charge in [-0.1, -0.05) is 24.3 Å². The van der Waals surface area contributed by atoms with Crippen molar-refractivity contribution in [3.63, 3.8) is 0 Å². The van der Waals surface area contributed by atoms with Gasteiger partial charge < -0.3 is 21.7 Å². The van der Waals surface area contributed by atoms with Gasteiger partial charge in [0.05, 0.1) is 12.1 Å². The highest BCUT2D eigenvalue weighted by molar-refractivity contribution is 5.79. The number of aromatic nitrogens is 2. The fourth-order valence-electron chi connectivity index (χ4n) is 5.25. The molecule has 3 aliphatic rings. The molecule has 1 unspecified atom stereocenters. The number of allylic oxidation sites excluding steroid dienone is 1. The number of amides is 1. The van der Waals surface area contributed by atoms with Crippen LogP contribution in [0.25, 0.3) is 0 Å². The zero-order valence-corrected chi connectivity index (χ0v) is 17.2. The molecule has 7 nitrogen and oxygen atoms in total. The van der Waals surface area contributed by atoms with Crippen LogP contribution < -0.4 is 21.7 Å². The number of hydrogen-bond donors (Lipinski definition) is 4. The highest BCUT2D eigenvalue weighted by Crippen LogP contribution is 2.44. The Labute approximate surface area is 180 Å². The van der Waals surface area contributed by atoms with E-state index in [-0.39, 0.29) is 35.5 Å². The predicted molar refractivity (Wildman–Crippen MR) is 117 cm³/mol. The maximum atomic E-state index is 14.5. The van der Waals surface area contributed by atoms with Crippen LogP contribution in [-0.4, -0.2) is 35.0 Å². The van der Waals surface area contributed by atoms with Crippen LogP contribution in [0.4, 0.5) is 21.8 Å². The molecule has 5 N–H and O–H groups in total. The number of nitrogens with one attached hydrogen (secondary N) is 3. The lowest BCUT2D eigenvalue weighted by molar-refractivity contribution is -0.122. The fraction of sp³-hybridized carbons (Fsp3) is 0.435. The van der Waals surface area contributed by atoms with Crippen LogP contribution in [0.15, 0.2) is 42.6 Å². The summed E-state index contributed by atoms with van der Waals surface area (Å²) in [5.41, 5.74) is 7.77. The average Bonchev–Trinajstić information content (AvgIpc) is 3.39. The molecule has 31 heavy (non-hydrogen) atoms. The first kappa shape index (κ1) is 19.9. The third-order valence-electron chi connectivity index (χ3n) is 6.79. The Hall–Kier alpha value is -3.00. The number of nitrogens with zero attached hydrogens (tertiary/aromatic N) is 2. The van der Waals surface area contributed by atoms with Gasteiger partial charge in [0.15, 0.2) is 11.6 Å². The zero-order chi connectivity index (χ0) is 21.4. The monoisotopic (exact) mass is 422 g/mol. The Bertz CT molecular complexity index is 1010. The van der Waals surface area contributed by atoms with E-state index in [2.05, 4.69) is 44.1 Å². The van der Waals surface area contributed by atoms with Crippen molar-refractivity contribution in [2.75, 3.05) is 23.7 Å². The molecule has 1 aromatic carbocycles. The summed E-state index contributed by atoms with van der Waals surface area (Å²) in [6.45, 7) is 2.06. The lowest BCUT2D eigenvalue weighted by Crippen LogP contribution is -2.41. The van der Waals surface area contributed by atoms with Crippen molar-refractivity contribution in [3.8, 4) is 0 Å². The second-order valence-corrected chi connectivity index (χ2v) is 8.71. The SMILES string of the molecule is NC(=O)[C@H]1C2C=C[C@@H](C2)[C@H]1Nc1nc(Nc2cccc(C3CCNCC3)c2)ncc1F. The van der Waals surface area contributed by atoms with Crippen molar-refractivity contribution in [1.82, 2.24) is 15.3 Å². The van der Waals surface area contributed by atoms with Gasteiger partial charge in [0, 0.05) is 11.7 Å². The van der Waals surface area contributed by atoms with Gasteiger partial charge in [-0.25, -0.2) is 9.37 Å². The van der Waals surface area contributed by atoms with E-state index in [1.165, 1.54) is 5.56 Å². The molecule has 162 valence electrons. The molecule has 0 spiro atoms. The standard InChI is InChI=1S/C23H27FN6O/c24-18-12-27-23(28-17-3-1-2-14(11-17)13-6-8-26-9-7-13)30-22(18)29-20-16-5-4-15(10-16)19(20)21(25)31/h1-5,11-13,15-16,19-20,26H,6-10H2,(H2,25,31)(H2,27,28,29,30)/t15?,16-,19-,20+/m0/s1. The number of nitrogens with two attached hydrogens (primary N) is 1. The number of carbonyl (C=O) groups excluding carboxylic acids is 1. The summed E-state index contributed by atoms with van der Waals surface area (Å²) in [7, 11) is 0. The van der Waals surface area contributed by atoms with E-state index >= 15 is 0 Å². The molecular formula is C23H27FN6O. The number of rotatable bonds is 6. The van der Waals surface area contributed by atoms with Crippen LogP contribution in [0, 0.1) is 23.6 Å². The molecule has 2 heterocycles. The van der Waals surface area contributed by atoms with E-state index in [0.717, 1.165) is 44.2 Å². The number of anilines is 3. The number of carbonyl (C=O) groups is 1. The number of benzene rings is 1. The number of piperidine rings is 1. The number of halogens is 1. The number of fused-ring (bicyclic) bond motifs is 2. The molecular weight excluding hydrogens is 395 g/mol. The Morgan fingerprint density at radius 1 is 1.19 bits per heavy atom. The van der Waals surface area contributed by atoms with Crippen LogP contribution in [0.2, 0.25) is 0 Å². The first-order valence-electron chi connectivity index (χ1n) is 10.9. The Morgan fingerprint density at radius 3 is 2.81 bits per heavy atom. The number of hydrogen-bond acceptors (Lipinski definition) is 6. The third-order valence-corrected chi connectivity index (χ3v) is 6.79. The van der Waals surface area contributed by atoms with E-state index in [0.29, 0.717) is 11.9 Å². The molecule has 5 rings (SSSR count). The Balaban J connectivity index is 1.33. The fourth-order valence-corrected chi connectivity index (χ4v) is 5.25. The normalized spacial score (nSPS) is 27.4. The molecule has 1 saturated heterocycles. The molecule has 2 fully saturated rings. The highest BCUT2D eigenvalue weighted by atomic mass is 19.1. The van der Waals surface area contributed by atoms with Crippen LogP contribution in [0.5, 0.6) is 0 Å². The Kier molecular flexibility index (Phi) is 5.31. The lowest BCUT2D eigenvalue weighted by atomic mass is 9.88. The molecule has 2 bridgehead atoms. The minimum Gasteiger partial charge on any atom is -0.369 e. The molecule has 1 amide bonds. The van der Waals surface area contributed by atoms with E-state index in [1.54, 1.807) is 0 Å².